The van der Waals surface area contributed by atoms with Gasteiger partial charge in [-0.3, -0.25) is 19.2 Å². The van der Waals surface area contributed by atoms with Crippen LogP contribution in [0.5, 0.6) is 5.75 Å². The van der Waals surface area contributed by atoms with Gasteiger partial charge in [-0.15, -0.1) is 0 Å². The van der Waals surface area contributed by atoms with Gasteiger partial charge < -0.3 is 20.1 Å². The number of amides is 4. The van der Waals surface area contributed by atoms with Gasteiger partial charge in [-0.2, -0.15) is 0 Å². The fourth-order valence-electron chi connectivity index (χ4n) is 5.37. The monoisotopic (exact) mass is 697 g/mol. The number of carbonyl (C=O) groups is 5. The number of ketones is 1. The van der Waals surface area contributed by atoms with Crippen molar-refractivity contribution in [3.63, 3.8) is 0 Å². The quantitative estimate of drug-likeness (QED) is 0.114. The highest BCUT2D eigenvalue weighted by Crippen LogP contribution is 2.40. The number of hydrogen-bond donors (Lipinski definition) is 2. The van der Waals surface area contributed by atoms with E-state index in [2.05, 4.69) is 58.2 Å². The summed E-state index contributed by atoms with van der Waals surface area (Å²) in [5.41, 5.74) is -1.03. The molecule has 1 saturated heterocycles. The van der Waals surface area contributed by atoms with E-state index in [1.807, 2.05) is 19.1 Å². The Hall–Kier alpha value is -3.92. The van der Waals surface area contributed by atoms with Crippen molar-refractivity contribution in [2.75, 3.05) is 11.9 Å². The van der Waals surface area contributed by atoms with Crippen LogP contribution in [0, 0.1) is 5.41 Å². The molecule has 2 atom stereocenters. The third-order valence-corrected chi connectivity index (χ3v) is 10.2. The van der Waals surface area contributed by atoms with Crippen LogP contribution >= 0.6 is 11.6 Å². The molecule has 49 heavy (non-hydrogen) atoms. The second-order valence-electron chi connectivity index (χ2n) is 15.1. The van der Waals surface area contributed by atoms with Crippen molar-refractivity contribution in [2.45, 2.75) is 123 Å². The van der Waals surface area contributed by atoms with Crippen molar-refractivity contribution in [3.8, 4) is 5.75 Å². The van der Waals surface area contributed by atoms with Crippen LogP contribution in [0.2, 0.25) is 0 Å². The lowest BCUT2D eigenvalue weighted by atomic mass is 9.76. The number of anilines is 1. The summed E-state index contributed by atoms with van der Waals surface area (Å²) in [7, 11) is 0. The van der Waals surface area contributed by atoms with Gasteiger partial charge in [-0.25, -0.2) is 9.69 Å². The van der Waals surface area contributed by atoms with E-state index in [0.717, 1.165) is 18.4 Å². The average molecular weight is 698 g/mol. The molecule has 0 aromatic heterocycles. The topological polar surface area (TPSA) is 131 Å². The molecule has 10 nitrogen and oxygen atoms in total. The number of Topliss-reactive ketones (excluding diaryl/α,β-unsaturated/α-hetero) is 1. The zero-order valence-corrected chi connectivity index (χ0v) is 31.5. The minimum absolute atomic E-state index is 0.0431. The SMILES string of the molecule is CCC(Oc1ccc(C(C)(C)CC)cc1C(C)(C)CC)C(=O)NCC(C)(C)C(=O)C(Cl)(C(=O)Nc1ccccc1)N1C(=O)OC(C)(C)C1=O. The Labute approximate surface area is 295 Å². The maximum absolute atomic E-state index is 14.3. The molecule has 2 aromatic carbocycles. The second kappa shape index (κ2) is 14.5. The molecular weight excluding hydrogens is 646 g/mol. The average Bonchev–Trinajstić information content (AvgIpc) is 3.27. The summed E-state index contributed by atoms with van der Waals surface area (Å²) in [6.45, 7) is 20.1. The molecule has 0 radical (unpaired) electrons. The van der Waals surface area contributed by atoms with Gasteiger partial charge in [0, 0.05) is 23.2 Å². The summed E-state index contributed by atoms with van der Waals surface area (Å²) >= 11 is 6.84. The summed E-state index contributed by atoms with van der Waals surface area (Å²) in [6, 6.07) is 14.3. The van der Waals surface area contributed by atoms with Gasteiger partial charge >= 0.3 is 6.09 Å². The molecule has 1 aliphatic heterocycles. The molecular formula is C38H52ClN3O7. The summed E-state index contributed by atoms with van der Waals surface area (Å²) in [6.07, 6.45) is -0.00604. The first-order valence-corrected chi connectivity index (χ1v) is 17.2. The Morgan fingerprint density at radius 2 is 1.51 bits per heavy atom. The molecule has 268 valence electrons. The van der Waals surface area contributed by atoms with Crippen molar-refractivity contribution in [1.29, 1.82) is 0 Å². The number of imide groups is 1. The van der Waals surface area contributed by atoms with Crippen molar-refractivity contribution in [2.24, 2.45) is 5.41 Å². The van der Waals surface area contributed by atoms with Crippen molar-refractivity contribution >= 4 is 46.9 Å². The molecule has 0 spiro atoms. The third kappa shape index (κ3) is 8.11. The van der Waals surface area contributed by atoms with Crippen molar-refractivity contribution in [3.05, 3.63) is 59.7 Å². The van der Waals surface area contributed by atoms with Crippen LogP contribution in [0.1, 0.15) is 107 Å². The lowest BCUT2D eigenvalue weighted by Gasteiger charge is -2.37. The van der Waals surface area contributed by atoms with Gasteiger partial charge in [0.15, 0.2) is 17.5 Å². The first-order valence-electron chi connectivity index (χ1n) is 16.9. The van der Waals surface area contributed by atoms with Crippen LogP contribution in [0.15, 0.2) is 48.5 Å². The third-order valence-electron chi connectivity index (χ3n) is 9.69. The number of nitrogens with zero attached hydrogens (tertiary/aromatic N) is 1. The maximum atomic E-state index is 14.3. The van der Waals surface area contributed by atoms with Crippen LogP contribution in [0.3, 0.4) is 0 Å². The Bertz CT molecular complexity index is 1580. The van der Waals surface area contributed by atoms with Crippen LogP contribution in [0.4, 0.5) is 10.5 Å². The lowest BCUT2D eigenvalue weighted by Crippen LogP contribution is -2.65. The molecule has 3 rings (SSSR count). The van der Waals surface area contributed by atoms with E-state index in [0.29, 0.717) is 17.1 Å². The number of para-hydroxylation sites is 1. The molecule has 2 aromatic rings. The second-order valence-corrected chi connectivity index (χ2v) is 15.6. The van der Waals surface area contributed by atoms with Gasteiger partial charge in [-0.1, -0.05) is 104 Å². The number of hydrogen-bond acceptors (Lipinski definition) is 7. The van der Waals surface area contributed by atoms with Gasteiger partial charge in [-0.05, 0) is 67.7 Å². The van der Waals surface area contributed by atoms with E-state index in [1.54, 1.807) is 30.3 Å². The molecule has 11 heteroatoms. The van der Waals surface area contributed by atoms with E-state index >= 15 is 0 Å². The van der Waals surface area contributed by atoms with Gasteiger partial charge in [0.25, 0.3) is 22.7 Å². The van der Waals surface area contributed by atoms with Crippen molar-refractivity contribution < 1.29 is 33.4 Å². The van der Waals surface area contributed by atoms with Crippen molar-refractivity contribution in [1.82, 2.24) is 10.2 Å². The van der Waals surface area contributed by atoms with Gasteiger partial charge in [0.05, 0.1) is 0 Å². The predicted molar refractivity (Wildman–Crippen MR) is 191 cm³/mol. The van der Waals surface area contributed by atoms with Crippen LogP contribution in [-0.4, -0.2) is 57.7 Å². The van der Waals surface area contributed by atoms with E-state index in [4.69, 9.17) is 21.1 Å². The largest absolute Gasteiger partial charge is 0.480 e. The van der Waals surface area contributed by atoms with Gasteiger partial charge in [0.2, 0.25) is 0 Å². The molecule has 0 aliphatic carbocycles. The van der Waals surface area contributed by atoms with Crippen LogP contribution < -0.4 is 15.4 Å². The molecule has 1 heterocycles. The smallest absolute Gasteiger partial charge is 0.420 e. The first-order chi connectivity index (χ1) is 22.6. The van der Waals surface area contributed by atoms with E-state index in [1.165, 1.54) is 33.3 Å². The molecule has 0 bridgehead atoms. The Kier molecular flexibility index (Phi) is 11.7. The molecule has 0 saturated carbocycles. The summed E-state index contributed by atoms with van der Waals surface area (Å²) in [5.74, 6) is -2.95. The number of nitrogens with one attached hydrogen (secondary N) is 2. The highest BCUT2D eigenvalue weighted by Gasteiger charge is 2.64. The predicted octanol–water partition coefficient (Wildman–Crippen LogP) is 7.26. The molecule has 1 fully saturated rings. The Balaban J connectivity index is 1.91. The van der Waals surface area contributed by atoms with E-state index in [-0.39, 0.29) is 23.1 Å². The zero-order chi connectivity index (χ0) is 37.2. The molecule has 4 amide bonds. The summed E-state index contributed by atoms with van der Waals surface area (Å²) in [5, 5.41) is 5.33. The van der Waals surface area contributed by atoms with Crippen LogP contribution in [0.25, 0.3) is 0 Å². The normalized spacial score (nSPS) is 16.8. The highest BCUT2D eigenvalue weighted by molar-refractivity contribution is 6.50. The Morgan fingerprint density at radius 1 is 0.918 bits per heavy atom. The number of ether oxygens (including phenoxy) is 2. The molecule has 2 unspecified atom stereocenters. The lowest BCUT2D eigenvalue weighted by molar-refractivity contribution is -0.148. The highest BCUT2D eigenvalue weighted by atomic mass is 35.5. The number of halogens is 1. The summed E-state index contributed by atoms with van der Waals surface area (Å²) in [4.78, 5) is 65.6. The van der Waals surface area contributed by atoms with E-state index < -0.39 is 51.7 Å². The Morgan fingerprint density at radius 3 is 2.02 bits per heavy atom. The number of cyclic esters (lactones) is 1. The number of rotatable bonds is 15. The zero-order valence-electron chi connectivity index (χ0n) is 30.7. The summed E-state index contributed by atoms with van der Waals surface area (Å²) < 4.78 is 11.6. The molecule has 1 aliphatic rings. The van der Waals surface area contributed by atoms with E-state index in [9.17, 15) is 24.0 Å². The minimum Gasteiger partial charge on any atom is -0.480 e. The van der Waals surface area contributed by atoms with Gasteiger partial charge in [0.1, 0.15) is 5.75 Å². The first kappa shape index (κ1) is 39.5. The number of carbonyl (C=O) groups excluding carboxylic acids is 5. The maximum Gasteiger partial charge on any atom is 0.420 e. The van der Waals surface area contributed by atoms with Crippen LogP contribution in [-0.2, 0) is 34.7 Å². The number of benzene rings is 2. The fourth-order valence-corrected chi connectivity index (χ4v) is 5.82. The minimum atomic E-state index is -2.83. The fraction of sp³-hybridized carbons (Fsp3) is 0.553. The standard InChI is InChI=1S/C38H52ClN3O7/c1-12-27(48-28-21-20-24(34(4,5)13-2)22-26(28)35(6,7)14-3)29(43)40-23-36(8,9)30(44)38(39,31(45)41-25-18-16-15-17-19-25)42-32(46)37(10,11)49-33(42)47/h15-22,27H,12-14,23H2,1-11H3,(H,40,43)(H,41,45). The molecule has 2 N–H and O–H groups in total. The number of alkyl halides is 1.